The van der Waals surface area contributed by atoms with Crippen LogP contribution in [0.1, 0.15) is 96.8 Å². The van der Waals surface area contributed by atoms with Crippen LogP contribution in [0, 0.1) is 35.5 Å². The first-order valence-electron chi connectivity index (χ1n) is 11.6. The Morgan fingerprint density at radius 3 is 1.96 bits per heavy atom. The molecule has 1 radical (unpaired) electrons. The maximum Gasteiger partial charge on any atom is 0.0608 e. The molecule has 0 heterocycles. The van der Waals surface area contributed by atoms with Gasteiger partial charge in [-0.3, -0.25) is 0 Å². The van der Waals surface area contributed by atoms with Crippen LogP contribution in [-0.4, -0.2) is 11.2 Å². The predicted octanol–water partition coefficient (Wildman–Crippen LogP) is 6.50. The van der Waals surface area contributed by atoms with E-state index in [2.05, 4.69) is 13.0 Å². The van der Waals surface area contributed by atoms with Crippen LogP contribution in [0.4, 0.5) is 0 Å². The molecule has 4 unspecified atom stereocenters. The fourth-order valence-corrected chi connectivity index (χ4v) is 6.94. The van der Waals surface area contributed by atoms with Gasteiger partial charge in [0.25, 0.3) is 0 Å². The summed E-state index contributed by atoms with van der Waals surface area (Å²) < 4.78 is 0. The fraction of sp³-hybridized carbons (Fsp3) is 0.917. The molecule has 0 aromatic heterocycles. The van der Waals surface area contributed by atoms with Crippen molar-refractivity contribution < 1.29 is 37.8 Å². The fourth-order valence-electron chi connectivity index (χ4n) is 6.94. The summed E-state index contributed by atoms with van der Waals surface area (Å²) in [7, 11) is 0. The third-order valence-electron chi connectivity index (χ3n) is 8.59. The van der Waals surface area contributed by atoms with Gasteiger partial charge in [-0.05, 0) is 93.8 Å². The molecule has 1 nitrogen and oxygen atoms in total. The van der Waals surface area contributed by atoms with Crippen LogP contribution in [0.15, 0.2) is 11.6 Å². The Labute approximate surface area is 187 Å². The van der Waals surface area contributed by atoms with Gasteiger partial charge in [0.2, 0.25) is 0 Å². The molecule has 3 fully saturated rings. The molecule has 145 valence electrons. The molecule has 4 aliphatic rings. The molecule has 0 saturated heterocycles. The van der Waals surface area contributed by atoms with Crippen LogP contribution in [0.5, 0.6) is 0 Å². The van der Waals surface area contributed by atoms with Crippen molar-refractivity contribution in [1.29, 1.82) is 0 Å². The second-order valence-electron chi connectivity index (χ2n) is 10.1. The van der Waals surface area contributed by atoms with Crippen molar-refractivity contribution in [3.8, 4) is 0 Å². The zero-order valence-electron chi connectivity index (χ0n) is 17.0. The van der Waals surface area contributed by atoms with Crippen LogP contribution >= 0.6 is 0 Å². The average molecular weight is 433 g/mol. The first-order chi connectivity index (χ1) is 12.2. The summed E-state index contributed by atoms with van der Waals surface area (Å²) >= 11 is 0. The summed E-state index contributed by atoms with van der Waals surface area (Å²) in [6, 6.07) is 0. The second-order valence-corrected chi connectivity index (χ2v) is 10.1. The summed E-state index contributed by atoms with van der Waals surface area (Å²) in [5, 5.41) is 10.5. The monoisotopic (exact) mass is 433 g/mol. The number of aliphatic hydroxyl groups excluding tert-OH is 1. The van der Waals surface area contributed by atoms with E-state index in [0.717, 1.165) is 36.0 Å². The standard InChI is InChI=1S/C24H40O.Y/c1-17-6-15-23(24(25)16-17)22-13-11-21(12-14-22)20-9-7-19(8-10-20)18-4-2-3-5-18;/h13,17-21,23-25H,2-12,14-16H2,1H3;. The molecule has 4 atom stereocenters. The van der Waals surface area contributed by atoms with E-state index >= 15 is 0 Å². The molecule has 0 aromatic rings. The van der Waals surface area contributed by atoms with Gasteiger partial charge in [0.05, 0.1) is 6.10 Å². The summed E-state index contributed by atoms with van der Waals surface area (Å²) in [4.78, 5) is 0. The zero-order valence-corrected chi connectivity index (χ0v) is 19.9. The van der Waals surface area contributed by atoms with Gasteiger partial charge in [0.15, 0.2) is 0 Å². The van der Waals surface area contributed by atoms with Crippen LogP contribution < -0.4 is 0 Å². The topological polar surface area (TPSA) is 20.2 Å². The summed E-state index contributed by atoms with van der Waals surface area (Å²) in [6.07, 6.45) is 22.2. The van der Waals surface area contributed by atoms with Gasteiger partial charge < -0.3 is 5.11 Å². The summed E-state index contributed by atoms with van der Waals surface area (Å²) in [5.41, 5.74) is 1.62. The number of hydrogen-bond donors (Lipinski definition) is 1. The SMILES string of the molecule is CC1CCC(C2=CCC(C3CCC(C4CCCC4)CC3)CC2)C(O)C1.[Y]. The van der Waals surface area contributed by atoms with E-state index in [1.165, 1.54) is 83.5 Å². The Bertz CT molecular complexity index is 459. The quantitative estimate of drug-likeness (QED) is 0.504. The number of aliphatic hydroxyl groups is 1. The van der Waals surface area contributed by atoms with Crippen molar-refractivity contribution in [3.05, 3.63) is 11.6 Å². The van der Waals surface area contributed by atoms with Crippen LogP contribution in [-0.2, 0) is 32.7 Å². The smallest absolute Gasteiger partial charge is 0.0608 e. The molecule has 4 aliphatic carbocycles. The molecule has 0 spiro atoms. The van der Waals surface area contributed by atoms with Crippen LogP contribution in [0.3, 0.4) is 0 Å². The van der Waals surface area contributed by atoms with Gasteiger partial charge in [0, 0.05) is 38.6 Å². The van der Waals surface area contributed by atoms with Crippen molar-refractivity contribution in [2.75, 3.05) is 0 Å². The molecule has 1 N–H and O–H groups in total. The van der Waals surface area contributed by atoms with Crippen molar-refractivity contribution in [2.24, 2.45) is 35.5 Å². The Kier molecular flexibility index (Phi) is 8.29. The third kappa shape index (κ3) is 5.04. The minimum absolute atomic E-state index is 0. The van der Waals surface area contributed by atoms with E-state index in [9.17, 15) is 5.11 Å². The van der Waals surface area contributed by atoms with Crippen molar-refractivity contribution in [1.82, 2.24) is 0 Å². The van der Waals surface area contributed by atoms with Gasteiger partial charge in [-0.1, -0.05) is 44.3 Å². The molecule has 0 aromatic carbocycles. The molecular weight excluding hydrogens is 393 g/mol. The van der Waals surface area contributed by atoms with Gasteiger partial charge in [0.1, 0.15) is 0 Å². The first-order valence-corrected chi connectivity index (χ1v) is 11.6. The minimum Gasteiger partial charge on any atom is -0.392 e. The van der Waals surface area contributed by atoms with E-state index in [4.69, 9.17) is 0 Å². The Morgan fingerprint density at radius 1 is 0.769 bits per heavy atom. The normalized spacial score (nSPS) is 42.2. The van der Waals surface area contributed by atoms with Crippen LogP contribution in [0.2, 0.25) is 0 Å². The molecular formula is C24H40OY. The largest absolute Gasteiger partial charge is 0.392 e. The third-order valence-corrected chi connectivity index (χ3v) is 8.59. The van der Waals surface area contributed by atoms with Gasteiger partial charge in [-0.25, -0.2) is 0 Å². The number of allylic oxidation sites excluding steroid dienone is 1. The minimum atomic E-state index is -0.0617. The van der Waals surface area contributed by atoms with Crippen molar-refractivity contribution in [3.63, 3.8) is 0 Å². The number of rotatable bonds is 3. The molecule has 0 aliphatic heterocycles. The van der Waals surface area contributed by atoms with Gasteiger partial charge >= 0.3 is 0 Å². The van der Waals surface area contributed by atoms with Crippen LogP contribution in [0.25, 0.3) is 0 Å². The predicted molar refractivity (Wildman–Crippen MR) is 105 cm³/mol. The molecule has 3 saturated carbocycles. The zero-order chi connectivity index (χ0) is 17.2. The molecule has 0 bridgehead atoms. The first kappa shape index (κ1) is 21.5. The number of hydrogen-bond acceptors (Lipinski definition) is 1. The second kappa shape index (κ2) is 10.0. The van der Waals surface area contributed by atoms with E-state index in [1.54, 1.807) is 5.57 Å². The summed E-state index contributed by atoms with van der Waals surface area (Å²) in [5.74, 6) is 5.34. The maximum absolute atomic E-state index is 10.5. The Morgan fingerprint density at radius 2 is 1.38 bits per heavy atom. The van der Waals surface area contributed by atoms with E-state index in [-0.39, 0.29) is 38.8 Å². The Balaban J connectivity index is 0.00000196. The van der Waals surface area contributed by atoms with Gasteiger partial charge in [-0.15, -0.1) is 0 Å². The van der Waals surface area contributed by atoms with Crippen molar-refractivity contribution >= 4 is 0 Å². The molecule has 26 heavy (non-hydrogen) atoms. The average Bonchev–Trinajstić information content (AvgIpc) is 3.17. The molecule has 2 heteroatoms. The Hall–Kier alpha value is 0.804. The molecule has 0 amide bonds. The van der Waals surface area contributed by atoms with Gasteiger partial charge in [-0.2, -0.15) is 0 Å². The van der Waals surface area contributed by atoms with E-state index < -0.39 is 0 Å². The van der Waals surface area contributed by atoms with E-state index in [1.807, 2.05) is 0 Å². The summed E-state index contributed by atoms with van der Waals surface area (Å²) in [6.45, 7) is 2.30. The van der Waals surface area contributed by atoms with E-state index in [0.29, 0.717) is 5.92 Å². The maximum atomic E-state index is 10.5. The molecule has 4 rings (SSSR count). The van der Waals surface area contributed by atoms with Crippen molar-refractivity contribution in [2.45, 2.75) is 103 Å².